The first-order valence-corrected chi connectivity index (χ1v) is 11.0. The molecule has 2 heterocycles. The maximum atomic E-state index is 13.2. The smallest absolute Gasteiger partial charge is 0.250 e. The van der Waals surface area contributed by atoms with Crippen LogP contribution in [0.1, 0.15) is 24.0 Å². The van der Waals surface area contributed by atoms with Gasteiger partial charge in [0.2, 0.25) is 16.8 Å². The van der Waals surface area contributed by atoms with Crippen LogP contribution in [0, 0.1) is 19.7 Å². The van der Waals surface area contributed by atoms with Crippen molar-refractivity contribution >= 4 is 39.8 Å². The molecule has 1 amide bonds. The molecule has 0 saturated carbocycles. The van der Waals surface area contributed by atoms with E-state index in [4.69, 9.17) is 16.3 Å². The van der Waals surface area contributed by atoms with Crippen LogP contribution in [0.3, 0.4) is 0 Å². The second kappa shape index (κ2) is 9.03. The van der Waals surface area contributed by atoms with Gasteiger partial charge in [-0.25, -0.2) is 8.91 Å². The molecule has 0 bridgehead atoms. The van der Waals surface area contributed by atoms with E-state index in [1.165, 1.54) is 23.5 Å². The minimum Gasteiger partial charge on any atom is -0.494 e. The molecule has 0 saturated heterocycles. The Morgan fingerprint density at radius 3 is 2.65 bits per heavy atom. The van der Waals surface area contributed by atoms with Gasteiger partial charge in [0.05, 0.1) is 12.3 Å². The second-order valence-electron chi connectivity index (χ2n) is 7.13. The number of anilines is 1. The molecule has 0 fully saturated rings. The van der Waals surface area contributed by atoms with Gasteiger partial charge in [0, 0.05) is 22.4 Å². The molecule has 31 heavy (non-hydrogen) atoms. The molecule has 0 unspecified atom stereocenters. The third-order valence-corrected chi connectivity index (χ3v) is 6.11. The molecule has 160 valence electrons. The van der Waals surface area contributed by atoms with Crippen molar-refractivity contribution < 1.29 is 13.9 Å². The number of benzene rings is 2. The number of carbonyl (C=O) groups excluding carboxylic acids is 1. The summed E-state index contributed by atoms with van der Waals surface area (Å²) < 4.78 is 20.5. The fourth-order valence-electron chi connectivity index (χ4n) is 3.15. The molecule has 6 nitrogen and oxygen atoms in total. The molecule has 4 rings (SSSR count). The number of hydrogen-bond donors (Lipinski definition) is 1. The van der Waals surface area contributed by atoms with E-state index in [9.17, 15) is 9.18 Å². The van der Waals surface area contributed by atoms with Gasteiger partial charge in [0.1, 0.15) is 11.6 Å². The number of aromatic nitrogens is 3. The number of hydrogen-bond acceptors (Lipinski definition) is 5. The molecule has 4 aromatic rings. The van der Waals surface area contributed by atoms with E-state index < -0.39 is 0 Å². The molecule has 2 aromatic heterocycles. The fourth-order valence-corrected chi connectivity index (χ4v) is 4.09. The first kappa shape index (κ1) is 21.3. The van der Waals surface area contributed by atoms with Crippen molar-refractivity contribution in [2.24, 2.45) is 0 Å². The predicted octanol–water partition coefficient (Wildman–Crippen LogP) is 5.66. The van der Waals surface area contributed by atoms with Crippen LogP contribution in [0.25, 0.3) is 16.2 Å². The van der Waals surface area contributed by atoms with Crippen LogP contribution in [0.2, 0.25) is 5.02 Å². The lowest BCUT2D eigenvalue weighted by Gasteiger charge is -2.09. The van der Waals surface area contributed by atoms with Crippen molar-refractivity contribution in [3.8, 4) is 17.0 Å². The van der Waals surface area contributed by atoms with Crippen molar-refractivity contribution in [1.82, 2.24) is 14.6 Å². The molecular weight excluding hydrogens is 439 g/mol. The molecule has 0 radical (unpaired) electrons. The predicted molar refractivity (Wildman–Crippen MR) is 121 cm³/mol. The summed E-state index contributed by atoms with van der Waals surface area (Å²) in [5, 5.41) is 9.72. The van der Waals surface area contributed by atoms with Crippen LogP contribution in [-0.2, 0) is 4.79 Å². The number of carbonyl (C=O) groups is 1. The van der Waals surface area contributed by atoms with Gasteiger partial charge in [-0.3, -0.25) is 10.1 Å². The summed E-state index contributed by atoms with van der Waals surface area (Å²) >= 11 is 7.56. The summed E-state index contributed by atoms with van der Waals surface area (Å²) in [5.74, 6) is 0.495. The van der Waals surface area contributed by atoms with E-state index in [-0.39, 0.29) is 24.1 Å². The summed E-state index contributed by atoms with van der Waals surface area (Å²) in [6.07, 6.45) is 0.832. The van der Waals surface area contributed by atoms with Gasteiger partial charge in [0.15, 0.2) is 0 Å². The number of rotatable bonds is 7. The van der Waals surface area contributed by atoms with Crippen LogP contribution in [0.4, 0.5) is 10.3 Å². The highest BCUT2D eigenvalue weighted by molar-refractivity contribution is 7.15. The third-order valence-electron chi connectivity index (χ3n) is 4.70. The lowest BCUT2D eigenvalue weighted by atomic mass is 10.1. The minimum atomic E-state index is -0.299. The minimum absolute atomic E-state index is 0.186. The van der Waals surface area contributed by atoms with E-state index in [0.717, 1.165) is 33.2 Å². The molecule has 0 aliphatic rings. The van der Waals surface area contributed by atoms with Gasteiger partial charge < -0.3 is 4.74 Å². The molecule has 9 heteroatoms. The first-order valence-electron chi connectivity index (χ1n) is 9.70. The highest BCUT2D eigenvalue weighted by atomic mass is 35.5. The maximum Gasteiger partial charge on any atom is 0.250 e. The number of thiazole rings is 1. The van der Waals surface area contributed by atoms with Crippen LogP contribution in [0.5, 0.6) is 5.75 Å². The monoisotopic (exact) mass is 458 g/mol. The number of halogens is 2. The normalized spacial score (nSPS) is 11.1. The van der Waals surface area contributed by atoms with Gasteiger partial charge in [-0.2, -0.15) is 4.98 Å². The Kier molecular flexibility index (Phi) is 6.20. The van der Waals surface area contributed by atoms with Crippen LogP contribution in [-0.4, -0.2) is 27.1 Å². The summed E-state index contributed by atoms with van der Waals surface area (Å²) in [6.45, 7) is 4.27. The molecular formula is C22H20ClFN4O2S. The maximum absolute atomic E-state index is 13.2. The van der Waals surface area contributed by atoms with E-state index >= 15 is 0 Å². The number of aryl methyl sites for hydroxylation is 2. The van der Waals surface area contributed by atoms with E-state index in [1.807, 2.05) is 31.4 Å². The molecule has 0 spiro atoms. The average molecular weight is 459 g/mol. The number of nitrogens with zero attached hydrogens (tertiary/aromatic N) is 3. The van der Waals surface area contributed by atoms with Crippen molar-refractivity contribution in [3.05, 3.63) is 63.7 Å². The van der Waals surface area contributed by atoms with Crippen molar-refractivity contribution in [3.63, 3.8) is 0 Å². The van der Waals surface area contributed by atoms with E-state index in [1.54, 1.807) is 16.6 Å². The Morgan fingerprint density at radius 1 is 1.23 bits per heavy atom. The second-order valence-corrected chi connectivity index (χ2v) is 8.34. The number of fused-ring (bicyclic) bond motifs is 1. The van der Waals surface area contributed by atoms with E-state index in [2.05, 4.69) is 15.4 Å². The van der Waals surface area contributed by atoms with Crippen molar-refractivity contribution in [2.45, 2.75) is 26.7 Å². The molecule has 2 aromatic carbocycles. The van der Waals surface area contributed by atoms with E-state index in [0.29, 0.717) is 18.0 Å². The Hall–Kier alpha value is -2.97. The SMILES string of the molecule is Cc1cc(OCCCC(=O)Nc2nc3scc(-c4ccc(F)cc4)n3n2)cc(C)c1Cl. The standard InChI is InChI=1S/C22H20ClFN4O2S/c1-13-10-17(11-14(2)20(13)23)30-9-3-4-19(29)25-21-26-22-28(27-21)18(12-31-22)15-5-7-16(24)8-6-15/h5-8,10-12H,3-4,9H2,1-2H3,(H,25,27,29). The van der Waals surface area contributed by atoms with Crippen LogP contribution < -0.4 is 10.1 Å². The van der Waals surface area contributed by atoms with Gasteiger partial charge in [-0.15, -0.1) is 16.4 Å². The lowest BCUT2D eigenvalue weighted by Crippen LogP contribution is -2.14. The molecule has 0 aliphatic heterocycles. The van der Waals surface area contributed by atoms with Crippen LogP contribution >= 0.6 is 22.9 Å². The molecule has 0 atom stereocenters. The largest absolute Gasteiger partial charge is 0.494 e. The van der Waals surface area contributed by atoms with Crippen molar-refractivity contribution in [1.29, 1.82) is 0 Å². The van der Waals surface area contributed by atoms with Gasteiger partial charge in [0.25, 0.3) is 0 Å². The Balaban J connectivity index is 1.32. The zero-order valence-corrected chi connectivity index (χ0v) is 18.6. The number of nitrogens with one attached hydrogen (secondary N) is 1. The summed E-state index contributed by atoms with van der Waals surface area (Å²) in [6, 6.07) is 9.92. The van der Waals surface area contributed by atoms with Crippen molar-refractivity contribution in [2.75, 3.05) is 11.9 Å². The molecule has 1 N–H and O–H groups in total. The number of ether oxygens (including phenoxy) is 1. The van der Waals surface area contributed by atoms with Gasteiger partial charge in [-0.1, -0.05) is 11.6 Å². The number of amides is 1. The zero-order valence-electron chi connectivity index (χ0n) is 17.0. The fraction of sp³-hybridized carbons (Fsp3) is 0.227. The lowest BCUT2D eigenvalue weighted by molar-refractivity contribution is -0.116. The van der Waals surface area contributed by atoms with Gasteiger partial charge >= 0.3 is 0 Å². The van der Waals surface area contributed by atoms with Crippen LogP contribution in [0.15, 0.2) is 41.8 Å². The average Bonchev–Trinajstić information content (AvgIpc) is 3.30. The zero-order chi connectivity index (χ0) is 22.0. The van der Waals surface area contributed by atoms with Gasteiger partial charge in [-0.05, 0) is 67.8 Å². The quantitative estimate of drug-likeness (QED) is 0.362. The third kappa shape index (κ3) is 4.86. The summed E-state index contributed by atoms with van der Waals surface area (Å²) in [4.78, 5) is 17.2. The topological polar surface area (TPSA) is 68.5 Å². The highest BCUT2D eigenvalue weighted by Gasteiger charge is 2.13. The molecule has 0 aliphatic carbocycles. The highest BCUT2D eigenvalue weighted by Crippen LogP contribution is 2.27. The summed E-state index contributed by atoms with van der Waals surface area (Å²) in [5.41, 5.74) is 3.52. The summed E-state index contributed by atoms with van der Waals surface area (Å²) in [7, 11) is 0. The Morgan fingerprint density at radius 2 is 1.94 bits per heavy atom. The Bertz CT molecular complexity index is 1210. The first-order chi connectivity index (χ1) is 14.9. The Labute approximate surface area is 187 Å².